The predicted octanol–water partition coefficient (Wildman–Crippen LogP) is 1.40. The highest BCUT2D eigenvalue weighted by molar-refractivity contribution is 7.89. The van der Waals surface area contributed by atoms with Crippen LogP contribution >= 0.6 is 0 Å². The first-order valence-corrected chi connectivity index (χ1v) is 7.56. The van der Waals surface area contributed by atoms with Gasteiger partial charge in [-0.25, -0.2) is 17.9 Å². The Morgan fingerprint density at radius 2 is 1.85 bits per heavy atom. The van der Waals surface area contributed by atoms with Gasteiger partial charge in [0.2, 0.25) is 5.09 Å². The summed E-state index contributed by atoms with van der Waals surface area (Å²) in [5.41, 5.74) is 1.02. The molecule has 0 saturated heterocycles. The van der Waals surface area contributed by atoms with Crippen molar-refractivity contribution in [3.8, 4) is 0 Å². The predicted molar refractivity (Wildman–Crippen MR) is 71.9 cm³/mol. The Morgan fingerprint density at radius 1 is 1.15 bits per heavy atom. The molecule has 0 saturated carbocycles. The largest absolute Gasteiger partial charge is 0.447 e. The Morgan fingerprint density at radius 3 is 2.45 bits per heavy atom. The van der Waals surface area contributed by atoms with Gasteiger partial charge in [-0.3, -0.25) is 0 Å². The van der Waals surface area contributed by atoms with Crippen molar-refractivity contribution in [3.05, 3.63) is 53.5 Å². The topological polar surface area (TPSA) is 85.3 Å². The molecular weight excluding hydrogens is 283 g/mol. The van der Waals surface area contributed by atoms with Gasteiger partial charge in [-0.2, -0.15) is 0 Å². The zero-order chi connectivity index (χ0) is 14.6. The zero-order valence-corrected chi connectivity index (χ0v) is 11.5. The second-order valence-corrected chi connectivity index (χ2v) is 5.81. The summed E-state index contributed by atoms with van der Waals surface area (Å²) in [6.45, 7) is 1.06. The van der Waals surface area contributed by atoms with E-state index in [2.05, 4.69) is 5.32 Å². The van der Waals surface area contributed by atoms with Crippen LogP contribution in [0.5, 0.6) is 0 Å². The number of primary sulfonamides is 1. The van der Waals surface area contributed by atoms with Gasteiger partial charge in [0.25, 0.3) is 10.0 Å². The number of nitrogens with one attached hydrogen (secondary N) is 1. The molecule has 2 rings (SSSR count). The highest BCUT2D eigenvalue weighted by Crippen LogP contribution is 2.11. The normalized spacial score (nSPS) is 11.7. The molecule has 0 aliphatic heterocycles. The van der Waals surface area contributed by atoms with Gasteiger partial charge in [0.05, 0.1) is 6.54 Å². The first-order chi connectivity index (χ1) is 9.45. The molecule has 5 nitrogen and oxygen atoms in total. The van der Waals surface area contributed by atoms with E-state index < -0.39 is 10.0 Å². The van der Waals surface area contributed by atoms with Crippen molar-refractivity contribution in [1.29, 1.82) is 0 Å². The number of hydrogen-bond donors (Lipinski definition) is 2. The van der Waals surface area contributed by atoms with Gasteiger partial charge in [0, 0.05) is 0 Å². The average molecular weight is 298 g/mol. The minimum Gasteiger partial charge on any atom is -0.447 e. The Kier molecular flexibility index (Phi) is 4.53. The maximum atomic E-state index is 12.7. The van der Waals surface area contributed by atoms with E-state index in [1.54, 1.807) is 18.2 Å². The number of nitrogens with two attached hydrogens (primary N) is 1. The molecule has 0 unspecified atom stereocenters. The van der Waals surface area contributed by atoms with Crippen molar-refractivity contribution in [2.24, 2.45) is 5.14 Å². The second kappa shape index (κ2) is 6.17. The van der Waals surface area contributed by atoms with Crippen molar-refractivity contribution in [2.75, 3.05) is 6.54 Å². The van der Waals surface area contributed by atoms with Crippen LogP contribution in [-0.2, 0) is 23.0 Å². The molecule has 0 spiro atoms. The molecule has 0 fully saturated rings. The minimum atomic E-state index is -3.79. The number of benzene rings is 1. The summed E-state index contributed by atoms with van der Waals surface area (Å²) in [4.78, 5) is 0. The molecule has 0 aliphatic rings. The van der Waals surface area contributed by atoms with Gasteiger partial charge >= 0.3 is 0 Å². The monoisotopic (exact) mass is 298 g/mol. The molecule has 0 bridgehead atoms. The number of halogens is 1. The summed E-state index contributed by atoms with van der Waals surface area (Å²) in [5.74, 6) is 0.237. The Balaban J connectivity index is 1.79. The van der Waals surface area contributed by atoms with E-state index in [-0.39, 0.29) is 10.9 Å². The third-order valence-electron chi connectivity index (χ3n) is 2.72. The van der Waals surface area contributed by atoms with Crippen LogP contribution in [0, 0.1) is 5.82 Å². The molecule has 1 aromatic heterocycles. The van der Waals surface area contributed by atoms with E-state index in [0.717, 1.165) is 12.0 Å². The maximum Gasteiger partial charge on any atom is 0.271 e. The van der Waals surface area contributed by atoms with E-state index in [1.807, 2.05) is 0 Å². The van der Waals surface area contributed by atoms with E-state index in [9.17, 15) is 12.8 Å². The average Bonchev–Trinajstić information content (AvgIpc) is 2.85. The van der Waals surface area contributed by atoms with Gasteiger partial charge < -0.3 is 9.73 Å². The van der Waals surface area contributed by atoms with Crippen LogP contribution < -0.4 is 10.5 Å². The molecular formula is C13H15FN2O3S. The van der Waals surface area contributed by atoms with Gasteiger partial charge in [0.15, 0.2) is 0 Å². The molecule has 0 atom stereocenters. The molecule has 0 amide bonds. The van der Waals surface area contributed by atoms with E-state index in [1.165, 1.54) is 18.2 Å². The Bertz CT molecular complexity index is 665. The zero-order valence-electron chi connectivity index (χ0n) is 10.7. The lowest BCUT2D eigenvalue weighted by Gasteiger charge is -2.03. The van der Waals surface area contributed by atoms with Crippen LogP contribution in [0.2, 0.25) is 0 Å². The Labute approximate surface area is 116 Å². The van der Waals surface area contributed by atoms with Crippen LogP contribution in [-0.4, -0.2) is 15.0 Å². The van der Waals surface area contributed by atoms with Crippen LogP contribution in [0.3, 0.4) is 0 Å². The second-order valence-electron chi connectivity index (χ2n) is 4.32. The number of rotatable bonds is 6. The van der Waals surface area contributed by atoms with Crippen LogP contribution in [0.15, 0.2) is 45.9 Å². The summed E-state index contributed by atoms with van der Waals surface area (Å²) in [7, 11) is -3.79. The highest BCUT2D eigenvalue weighted by Gasteiger charge is 2.12. The first kappa shape index (κ1) is 14.7. The molecule has 20 heavy (non-hydrogen) atoms. The number of furan rings is 1. The SMILES string of the molecule is NS(=O)(=O)c1ccc(CNCCc2ccc(F)cc2)o1. The number of sulfonamides is 1. The summed E-state index contributed by atoms with van der Waals surface area (Å²) in [6, 6.07) is 9.17. The maximum absolute atomic E-state index is 12.7. The van der Waals surface area contributed by atoms with Crippen LogP contribution in [0.25, 0.3) is 0 Å². The lowest BCUT2D eigenvalue weighted by atomic mass is 10.1. The molecule has 2 aromatic rings. The molecule has 1 heterocycles. The van der Waals surface area contributed by atoms with Crippen molar-refractivity contribution in [1.82, 2.24) is 5.32 Å². The first-order valence-electron chi connectivity index (χ1n) is 6.02. The summed E-state index contributed by atoms with van der Waals surface area (Å²) < 4.78 is 39.8. The molecule has 3 N–H and O–H groups in total. The molecule has 108 valence electrons. The van der Waals surface area contributed by atoms with Gasteiger partial charge in [-0.05, 0) is 42.8 Å². The van der Waals surface area contributed by atoms with Crippen molar-refractivity contribution in [3.63, 3.8) is 0 Å². The molecule has 0 radical (unpaired) electrons. The van der Waals surface area contributed by atoms with Crippen LogP contribution in [0.1, 0.15) is 11.3 Å². The van der Waals surface area contributed by atoms with E-state index in [4.69, 9.17) is 9.56 Å². The lowest BCUT2D eigenvalue weighted by molar-refractivity contribution is 0.403. The Hall–Kier alpha value is -1.70. The fourth-order valence-electron chi connectivity index (χ4n) is 1.70. The molecule has 1 aromatic carbocycles. The van der Waals surface area contributed by atoms with Crippen molar-refractivity contribution < 1.29 is 17.2 Å². The van der Waals surface area contributed by atoms with Crippen molar-refractivity contribution in [2.45, 2.75) is 18.1 Å². The quantitative estimate of drug-likeness (QED) is 0.789. The highest BCUT2D eigenvalue weighted by atomic mass is 32.2. The number of hydrogen-bond acceptors (Lipinski definition) is 4. The van der Waals surface area contributed by atoms with E-state index >= 15 is 0 Å². The summed E-state index contributed by atoms with van der Waals surface area (Å²) in [5, 5.41) is 7.80. The molecule has 7 heteroatoms. The van der Waals surface area contributed by atoms with Gasteiger partial charge in [0.1, 0.15) is 11.6 Å². The fraction of sp³-hybridized carbons (Fsp3) is 0.231. The van der Waals surface area contributed by atoms with Crippen molar-refractivity contribution >= 4 is 10.0 Å². The lowest BCUT2D eigenvalue weighted by Crippen LogP contribution is -2.16. The van der Waals surface area contributed by atoms with Gasteiger partial charge in [-0.15, -0.1) is 0 Å². The molecule has 0 aliphatic carbocycles. The van der Waals surface area contributed by atoms with Gasteiger partial charge in [-0.1, -0.05) is 12.1 Å². The third kappa shape index (κ3) is 4.16. The summed E-state index contributed by atoms with van der Waals surface area (Å²) >= 11 is 0. The third-order valence-corrected chi connectivity index (χ3v) is 3.50. The fourth-order valence-corrected chi connectivity index (χ4v) is 2.18. The smallest absolute Gasteiger partial charge is 0.271 e. The minimum absolute atomic E-state index is 0.243. The standard InChI is InChI=1S/C13H15FN2O3S/c14-11-3-1-10(2-4-11)7-8-16-9-12-5-6-13(19-12)20(15,17)18/h1-6,16H,7-9H2,(H2,15,17,18). The summed E-state index contributed by atoms with van der Waals surface area (Å²) in [6.07, 6.45) is 0.739. The van der Waals surface area contributed by atoms with E-state index in [0.29, 0.717) is 18.8 Å². The van der Waals surface area contributed by atoms with Crippen LogP contribution in [0.4, 0.5) is 4.39 Å².